The molecule has 2 rings (SSSR count). The first kappa shape index (κ1) is 15.2. The number of halogens is 2. The van der Waals surface area contributed by atoms with Crippen LogP contribution in [0, 0.1) is 6.92 Å². The maximum absolute atomic E-state index is 10.1. The molecular formula is C16H17BrClNO. The lowest BCUT2D eigenvalue weighted by Gasteiger charge is -2.21. The molecule has 0 aliphatic rings. The lowest BCUT2D eigenvalue weighted by Crippen LogP contribution is -2.11. The topological polar surface area (TPSA) is 32.3 Å². The molecule has 0 aliphatic carbocycles. The lowest BCUT2D eigenvalue weighted by molar-refractivity contribution is 0.462. The number of phenols is 1. The minimum absolute atomic E-state index is 0.0321. The smallest absolute Gasteiger partial charge is 0.120 e. The number of anilines is 1. The fraction of sp³-hybridized carbons (Fsp3) is 0.250. The molecule has 2 aromatic carbocycles. The van der Waals surface area contributed by atoms with Crippen LogP contribution in [0.4, 0.5) is 5.69 Å². The summed E-state index contributed by atoms with van der Waals surface area (Å²) in [6.45, 7) is 4.12. The maximum Gasteiger partial charge on any atom is 0.120 e. The van der Waals surface area contributed by atoms with Crippen LogP contribution < -0.4 is 5.32 Å². The van der Waals surface area contributed by atoms with Crippen molar-refractivity contribution in [3.05, 3.63) is 57.0 Å². The maximum atomic E-state index is 10.1. The van der Waals surface area contributed by atoms with E-state index in [1.54, 1.807) is 6.07 Å². The van der Waals surface area contributed by atoms with Gasteiger partial charge in [0, 0.05) is 20.7 Å². The fourth-order valence-electron chi connectivity index (χ4n) is 2.14. The predicted octanol–water partition coefficient (Wildman–Crippen LogP) is 5.68. The van der Waals surface area contributed by atoms with Gasteiger partial charge in [-0.2, -0.15) is 0 Å². The summed E-state index contributed by atoms with van der Waals surface area (Å²) in [5.41, 5.74) is 2.99. The number of phenolic OH excluding ortho intramolecular Hbond substituents is 1. The van der Waals surface area contributed by atoms with E-state index in [1.807, 2.05) is 37.3 Å². The highest BCUT2D eigenvalue weighted by molar-refractivity contribution is 9.10. The Morgan fingerprint density at radius 3 is 2.70 bits per heavy atom. The largest absolute Gasteiger partial charge is 0.508 e. The zero-order valence-corrected chi connectivity index (χ0v) is 13.8. The molecule has 2 N–H and O–H groups in total. The first-order valence-corrected chi connectivity index (χ1v) is 7.69. The third-order valence-electron chi connectivity index (χ3n) is 3.30. The van der Waals surface area contributed by atoms with Crippen molar-refractivity contribution in [3.8, 4) is 5.75 Å². The number of hydrogen-bond acceptors (Lipinski definition) is 2. The van der Waals surface area contributed by atoms with Gasteiger partial charge in [0.25, 0.3) is 0 Å². The quantitative estimate of drug-likeness (QED) is 0.740. The van der Waals surface area contributed by atoms with Crippen LogP contribution in [0.25, 0.3) is 0 Å². The van der Waals surface area contributed by atoms with Gasteiger partial charge in [0.2, 0.25) is 0 Å². The van der Waals surface area contributed by atoms with E-state index in [4.69, 9.17) is 11.6 Å². The van der Waals surface area contributed by atoms with Crippen LogP contribution in [0.3, 0.4) is 0 Å². The van der Waals surface area contributed by atoms with Crippen molar-refractivity contribution in [1.29, 1.82) is 0 Å². The Bertz CT molecular complexity index is 615. The Hall–Kier alpha value is -1.19. The van der Waals surface area contributed by atoms with Gasteiger partial charge in [0.05, 0.1) is 6.04 Å². The molecule has 0 saturated heterocycles. The van der Waals surface area contributed by atoms with Crippen molar-refractivity contribution in [2.45, 2.75) is 26.3 Å². The van der Waals surface area contributed by atoms with Gasteiger partial charge in [0.15, 0.2) is 0 Å². The molecule has 0 radical (unpaired) electrons. The molecule has 20 heavy (non-hydrogen) atoms. The van der Waals surface area contributed by atoms with Crippen molar-refractivity contribution >= 4 is 33.2 Å². The Labute approximate surface area is 132 Å². The van der Waals surface area contributed by atoms with Crippen LogP contribution in [0.15, 0.2) is 40.9 Å². The van der Waals surface area contributed by atoms with Crippen LogP contribution in [0.1, 0.15) is 30.5 Å². The third kappa shape index (κ3) is 3.47. The first-order valence-electron chi connectivity index (χ1n) is 6.52. The molecule has 0 aliphatic heterocycles. The van der Waals surface area contributed by atoms with Gasteiger partial charge in [-0.1, -0.05) is 40.5 Å². The molecule has 1 unspecified atom stereocenters. The normalized spacial score (nSPS) is 12.2. The second-order valence-corrected chi connectivity index (χ2v) is 6.12. The van der Waals surface area contributed by atoms with Crippen LogP contribution in [0.2, 0.25) is 5.02 Å². The summed E-state index contributed by atoms with van der Waals surface area (Å²) in [5.74, 6) is 0.298. The van der Waals surface area contributed by atoms with Crippen molar-refractivity contribution in [2.24, 2.45) is 0 Å². The highest BCUT2D eigenvalue weighted by atomic mass is 79.9. The molecule has 0 fully saturated rings. The van der Waals surface area contributed by atoms with E-state index in [9.17, 15) is 5.11 Å². The second kappa shape index (κ2) is 6.51. The summed E-state index contributed by atoms with van der Waals surface area (Å²) >= 11 is 9.49. The molecule has 0 bridgehead atoms. The van der Waals surface area contributed by atoms with Gasteiger partial charge in [-0.25, -0.2) is 0 Å². The van der Waals surface area contributed by atoms with E-state index in [0.29, 0.717) is 10.8 Å². The summed E-state index contributed by atoms with van der Waals surface area (Å²) < 4.78 is 0.952. The molecule has 0 spiro atoms. The SMILES string of the molecule is CCC(Nc1cc(Cl)ccc1C)c1cc(Br)ccc1O. The van der Waals surface area contributed by atoms with Gasteiger partial charge in [-0.05, 0) is 49.2 Å². The minimum Gasteiger partial charge on any atom is -0.508 e. The van der Waals surface area contributed by atoms with Crippen LogP contribution in [-0.2, 0) is 0 Å². The average Bonchev–Trinajstić information content (AvgIpc) is 2.42. The standard InChI is InChI=1S/C16H17BrClNO/c1-3-14(13-8-11(17)5-7-16(13)20)19-15-9-12(18)6-4-10(15)2/h4-9,14,19-20H,3H2,1-2H3. The average molecular weight is 355 g/mol. The Balaban J connectivity index is 2.33. The number of benzene rings is 2. The van der Waals surface area contributed by atoms with Gasteiger partial charge in [-0.3, -0.25) is 0 Å². The number of aromatic hydroxyl groups is 1. The highest BCUT2D eigenvalue weighted by Gasteiger charge is 2.15. The van der Waals surface area contributed by atoms with Gasteiger partial charge in [0.1, 0.15) is 5.75 Å². The summed E-state index contributed by atoms with van der Waals surface area (Å²) in [4.78, 5) is 0. The fourth-order valence-corrected chi connectivity index (χ4v) is 2.69. The zero-order valence-electron chi connectivity index (χ0n) is 11.5. The van der Waals surface area contributed by atoms with Crippen molar-refractivity contribution < 1.29 is 5.11 Å². The first-order chi connectivity index (χ1) is 9.51. The van der Waals surface area contributed by atoms with Crippen molar-refractivity contribution in [1.82, 2.24) is 0 Å². The highest BCUT2D eigenvalue weighted by Crippen LogP contribution is 2.33. The molecular weight excluding hydrogens is 338 g/mol. The summed E-state index contributed by atoms with van der Waals surface area (Å²) in [7, 11) is 0. The number of nitrogens with one attached hydrogen (secondary N) is 1. The molecule has 2 nitrogen and oxygen atoms in total. The summed E-state index contributed by atoms with van der Waals surface area (Å²) in [5, 5.41) is 14.2. The van der Waals surface area contributed by atoms with Crippen molar-refractivity contribution in [3.63, 3.8) is 0 Å². The molecule has 1 atom stereocenters. The Morgan fingerprint density at radius 2 is 2.00 bits per heavy atom. The van der Waals surface area contributed by atoms with Crippen LogP contribution in [0.5, 0.6) is 5.75 Å². The van der Waals surface area contributed by atoms with E-state index in [0.717, 1.165) is 27.7 Å². The zero-order chi connectivity index (χ0) is 14.7. The molecule has 106 valence electrons. The molecule has 0 aromatic heterocycles. The second-order valence-electron chi connectivity index (χ2n) is 4.77. The Morgan fingerprint density at radius 1 is 1.25 bits per heavy atom. The van der Waals surface area contributed by atoms with Gasteiger partial charge >= 0.3 is 0 Å². The van der Waals surface area contributed by atoms with Gasteiger partial charge in [-0.15, -0.1) is 0 Å². The lowest BCUT2D eigenvalue weighted by atomic mass is 10.0. The van der Waals surface area contributed by atoms with E-state index in [2.05, 4.69) is 28.2 Å². The summed E-state index contributed by atoms with van der Waals surface area (Å²) in [6.07, 6.45) is 0.857. The minimum atomic E-state index is 0.0321. The Kier molecular flexibility index (Phi) is 4.95. The summed E-state index contributed by atoms with van der Waals surface area (Å²) in [6, 6.07) is 11.3. The van der Waals surface area contributed by atoms with E-state index >= 15 is 0 Å². The molecule has 0 amide bonds. The third-order valence-corrected chi connectivity index (χ3v) is 4.03. The van der Waals surface area contributed by atoms with Crippen LogP contribution in [-0.4, -0.2) is 5.11 Å². The molecule has 0 saturated carbocycles. The monoisotopic (exact) mass is 353 g/mol. The number of aryl methyl sites for hydroxylation is 1. The van der Waals surface area contributed by atoms with Gasteiger partial charge < -0.3 is 10.4 Å². The molecule has 2 aromatic rings. The number of hydrogen-bond donors (Lipinski definition) is 2. The van der Waals surface area contributed by atoms with E-state index in [1.165, 1.54) is 0 Å². The van der Waals surface area contributed by atoms with Crippen molar-refractivity contribution in [2.75, 3.05) is 5.32 Å². The van der Waals surface area contributed by atoms with E-state index in [-0.39, 0.29) is 6.04 Å². The molecule has 0 heterocycles. The van der Waals surface area contributed by atoms with Crippen LogP contribution >= 0.6 is 27.5 Å². The number of rotatable bonds is 4. The molecule has 4 heteroatoms. The predicted molar refractivity (Wildman–Crippen MR) is 88.7 cm³/mol. The van der Waals surface area contributed by atoms with E-state index < -0.39 is 0 Å².